The van der Waals surface area contributed by atoms with Crippen molar-refractivity contribution in [1.29, 1.82) is 0 Å². The van der Waals surface area contributed by atoms with E-state index in [4.69, 9.17) is 17.7 Å². The maximum absolute atomic E-state index is 11.6. The maximum atomic E-state index is 11.6. The highest BCUT2D eigenvalue weighted by Gasteiger charge is 2.39. The van der Waals surface area contributed by atoms with Crippen LogP contribution < -0.4 is 5.32 Å². The molecule has 0 fully saturated rings. The number of amides is 1. The summed E-state index contributed by atoms with van der Waals surface area (Å²) in [5.41, 5.74) is -0.130. The Balaban J connectivity index is 4.65. The van der Waals surface area contributed by atoms with Gasteiger partial charge in [-0.2, -0.15) is 0 Å². The molecule has 0 aromatic heterocycles. The lowest BCUT2D eigenvalue weighted by molar-refractivity contribution is -0.00562. The lowest BCUT2D eigenvalue weighted by Gasteiger charge is -2.38. The molecule has 0 bridgehead atoms. The third-order valence-electron chi connectivity index (χ3n) is 4.70. The van der Waals surface area contributed by atoms with Gasteiger partial charge in [-0.3, -0.25) is 0 Å². The summed E-state index contributed by atoms with van der Waals surface area (Å²) in [6.07, 6.45) is 2.39. The zero-order valence-corrected chi connectivity index (χ0v) is 23.7. The van der Waals surface area contributed by atoms with Gasteiger partial charge in [0, 0.05) is 18.6 Å². The molecule has 0 radical (unpaired) electrons. The molecule has 1 N–H and O–H groups in total. The minimum absolute atomic E-state index is 0.130. The average molecular weight is 466 g/mol. The van der Waals surface area contributed by atoms with Crippen LogP contribution in [0, 0.1) is 5.41 Å². The topological polar surface area (TPSA) is 66.0 Å². The van der Waals surface area contributed by atoms with Crippen LogP contribution in [0.5, 0.6) is 0 Å². The summed E-state index contributed by atoms with van der Waals surface area (Å²) >= 11 is 0. The first kappa shape index (κ1) is 28.8. The van der Waals surface area contributed by atoms with E-state index in [0.717, 1.165) is 25.3 Å². The van der Waals surface area contributed by atoms with Crippen LogP contribution >= 0.6 is 0 Å². The highest BCUT2D eigenvalue weighted by atomic mass is 28.5. The number of hydrogen-bond acceptors (Lipinski definition) is 5. The number of hydrogen-bond donors (Lipinski definition) is 1. The van der Waals surface area contributed by atoms with Crippen molar-refractivity contribution >= 4 is 31.3 Å². The van der Waals surface area contributed by atoms with Crippen molar-refractivity contribution in [2.45, 2.75) is 91.9 Å². The number of carbonyl (C=O) groups is 1. The van der Waals surface area contributed by atoms with E-state index < -0.39 is 25.2 Å². The second kappa shape index (κ2) is 12.6. The summed E-state index contributed by atoms with van der Waals surface area (Å²) in [6, 6.07) is 0.947. The Morgan fingerprint density at radius 3 is 1.79 bits per heavy atom. The van der Waals surface area contributed by atoms with E-state index in [0.29, 0.717) is 26.4 Å². The molecule has 0 heterocycles. The quantitative estimate of drug-likeness (QED) is 0.247. The molecular formula is C20H47NO5Si3. The molecule has 0 aliphatic rings. The first-order chi connectivity index (χ1) is 13.2. The molecule has 0 aromatic carbocycles. The van der Waals surface area contributed by atoms with Crippen molar-refractivity contribution in [3.05, 3.63) is 0 Å². The summed E-state index contributed by atoms with van der Waals surface area (Å²) in [5.74, 6) is 0. The molecule has 0 aromatic rings. The Kier molecular flexibility index (Phi) is 12.5. The van der Waals surface area contributed by atoms with Gasteiger partial charge < -0.3 is 23.0 Å². The monoisotopic (exact) mass is 465 g/mol. The number of carbonyl (C=O) groups excluding carboxylic acids is 1. The van der Waals surface area contributed by atoms with Gasteiger partial charge in [-0.1, -0.05) is 13.8 Å². The van der Waals surface area contributed by atoms with Crippen LogP contribution in [0.3, 0.4) is 0 Å². The predicted molar refractivity (Wildman–Crippen MR) is 129 cm³/mol. The lowest BCUT2D eigenvalue weighted by atomic mass is 9.84. The molecule has 0 saturated heterocycles. The first-order valence-corrected chi connectivity index (χ1v) is 20.4. The van der Waals surface area contributed by atoms with Gasteiger partial charge in [0.2, 0.25) is 0 Å². The van der Waals surface area contributed by atoms with E-state index in [9.17, 15) is 4.79 Å². The van der Waals surface area contributed by atoms with E-state index in [2.05, 4.69) is 65.0 Å². The fourth-order valence-corrected chi connectivity index (χ4v) is 15.8. The zero-order chi connectivity index (χ0) is 22.8. The largest absolute Gasteiger partial charge is 0.449 e. The Labute approximate surface area is 182 Å². The molecule has 0 atom stereocenters. The van der Waals surface area contributed by atoms with E-state index in [1.165, 1.54) is 0 Å². The molecular weight excluding hydrogens is 418 g/mol. The molecule has 6 nitrogen and oxygen atoms in total. The van der Waals surface area contributed by atoms with Crippen LogP contribution in [-0.4, -0.2) is 57.7 Å². The minimum atomic E-state index is -2.21. The second-order valence-electron chi connectivity index (χ2n) is 10.0. The van der Waals surface area contributed by atoms with Crippen molar-refractivity contribution in [3.63, 3.8) is 0 Å². The van der Waals surface area contributed by atoms with Gasteiger partial charge in [0.25, 0.3) is 0 Å². The predicted octanol–water partition coefficient (Wildman–Crippen LogP) is 5.72. The van der Waals surface area contributed by atoms with E-state index in [-0.39, 0.29) is 11.5 Å². The number of alkyl carbamates (subject to hydrolysis) is 1. The molecule has 0 rings (SSSR count). The summed E-state index contributed by atoms with van der Waals surface area (Å²) in [7, 11) is -5.54. The maximum Gasteiger partial charge on any atom is 0.407 e. The van der Waals surface area contributed by atoms with Crippen LogP contribution in [-0.2, 0) is 17.7 Å². The van der Waals surface area contributed by atoms with Crippen molar-refractivity contribution in [2.24, 2.45) is 5.41 Å². The first-order valence-electron chi connectivity index (χ1n) is 11.1. The molecule has 0 saturated carbocycles. The number of rotatable bonds is 15. The van der Waals surface area contributed by atoms with Gasteiger partial charge in [-0.15, -0.1) is 0 Å². The Hall–Kier alpha value is -0.199. The molecule has 0 aliphatic carbocycles. The van der Waals surface area contributed by atoms with Crippen LogP contribution in [0.25, 0.3) is 0 Å². The molecule has 174 valence electrons. The summed E-state index contributed by atoms with van der Waals surface area (Å²) in [4.78, 5) is 11.6. The smallest absolute Gasteiger partial charge is 0.407 e. The van der Waals surface area contributed by atoms with Crippen LogP contribution in [0.2, 0.25) is 51.9 Å². The van der Waals surface area contributed by atoms with E-state index >= 15 is 0 Å². The summed E-state index contributed by atoms with van der Waals surface area (Å²) in [5, 5.41) is 2.68. The average Bonchev–Trinajstić information content (AvgIpc) is 2.54. The van der Waals surface area contributed by atoms with Gasteiger partial charge in [0.15, 0.2) is 16.6 Å². The van der Waals surface area contributed by atoms with Gasteiger partial charge in [0.05, 0.1) is 6.61 Å². The van der Waals surface area contributed by atoms with E-state index in [1.807, 2.05) is 6.92 Å². The molecule has 0 spiro atoms. The number of ether oxygens (including phenoxy) is 2. The van der Waals surface area contributed by atoms with Crippen LogP contribution in [0.15, 0.2) is 0 Å². The molecule has 9 heteroatoms. The van der Waals surface area contributed by atoms with E-state index in [1.54, 1.807) is 0 Å². The summed E-state index contributed by atoms with van der Waals surface area (Å²) < 4.78 is 24.5. The van der Waals surface area contributed by atoms with Crippen molar-refractivity contribution in [1.82, 2.24) is 5.32 Å². The van der Waals surface area contributed by atoms with Gasteiger partial charge in [0.1, 0.15) is 6.61 Å². The molecule has 29 heavy (non-hydrogen) atoms. The minimum Gasteiger partial charge on any atom is -0.449 e. The number of nitrogens with one attached hydrogen (secondary N) is 1. The van der Waals surface area contributed by atoms with Crippen molar-refractivity contribution in [2.75, 3.05) is 26.4 Å². The Bertz CT molecular complexity index is 458. The highest BCUT2D eigenvalue weighted by molar-refractivity contribution is 6.87. The van der Waals surface area contributed by atoms with Crippen LogP contribution in [0.4, 0.5) is 4.79 Å². The zero-order valence-electron chi connectivity index (χ0n) is 20.7. The normalized spacial score (nSPS) is 13.4. The molecule has 1 amide bonds. The van der Waals surface area contributed by atoms with Crippen molar-refractivity contribution < 1.29 is 22.5 Å². The standard InChI is InChI=1S/C20H47NO5Si3/c1-11-20(12-2,18-24-19(22)21-13-3)17-23-15-14-16-29(10,25-27(4,5)6)26-28(7,8)9/h11-18H2,1-10H3,(H,21,22). The third-order valence-corrected chi connectivity index (χ3v) is 14.3. The Morgan fingerprint density at radius 2 is 1.38 bits per heavy atom. The fraction of sp³-hybridized carbons (Fsp3) is 0.950. The van der Waals surface area contributed by atoms with Crippen molar-refractivity contribution in [3.8, 4) is 0 Å². The fourth-order valence-electron chi connectivity index (χ4n) is 3.32. The second-order valence-corrected chi connectivity index (χ2v) is 22.9. The van der Waals surface area contributed by atoms with Gasteiger partial charge >= 0.3 is 14.7 Å². The summed E-state index contributed by atoms with van der Waals surface area (Å²) in [6.45, 7) is 24.0. The molecule has 0 aliphatic heterocycles. The molecule has 0 unspecified atom stereocenters. The lowest BCUT2D eigenvalue weighted by Crippen LogP contribution is -2.52. The third kappa shape index (κ3) is 13.7. The highest BCUT2D eigenvalue weighted by Crippen LogP contribution is 2.28. The van der Waals surface area contributed by atoms with Gasteiger partial charge in [-0.05, 0) is 78.1 Å². The van der Waals surface area contributed by atoms with Gasteiger partial charge in [-0.25, -0.2) is 4.79 Å². The Morgan fingerprint density at radius 1 is 0.862 bits per heavy atom. The van der Waals surface area contributed by atoms with Crippen LogP contribution in [0.1, 0.15) is 40.0 Å². The SMILES string of the molecule is CCNC(=O)OCC(CC)(CC)COCCC[Si](C)(O[Si](C)(C)C)O[Si](C)(C)C.